The minimum Gasteiger partial charge on any atom is -0.496 e. The van der Waals surface area contributed by atoms with Gasteiger partial charge < -0.3 is 14.0 Å². The summed E-state index contributed by atoms with van der Waals surface area (Å²) in [5.74, 6) is 1.85. The minimum atomic E-state index is -3.23. The lowest BCUT2D eigenvalue weighted by molar-refractivity contribution is 0.243. The van der Waals surface area contributed by atoms with Crippen LogP contribution in [0, 0.1) is 0 Å². The van der Waals surface area contributed by atoms with E-state index in [9.17, 15) is 8.42 Å². The van der Waals surface area contributed by atoms with Crippen molar-refractivity contribution in [3.05, 3.63) is 54.4 Å². The van der Waals surface area contributed by atoms with Gasteiger partial charge in [0.05, 0.1) is 17.6 Å². The molecule has 0 aliphatic carbocycles. The second-order valence-electron chi connectivity index (χ2n) is 5.24. The zero-order valence-electron chi connectivity index (χ0n) is 13.7. The van der Waals surface area contributed by atoms with E-state index in [1.807, 2.05) is 24.3 Å². The van der Waals surface area contributed by atoms with Crippen molar-refractivity contribution in [1.29, 1.82) is 0 Å². The molecule has 0 bridgehead atoms. The van der Waals surface area contributed by atoms with E-state index >= 15 is 0 Å². The second-order valence-corrected chi connectivity index (χ2v) is 7.26. The predicted molar refractivity (Wildman–Crippen MR) is 90.2 cm³/mol. The van der Waals surface area contributed by atoms with Gasteiger partial charge in [-0.3, -0.25) is 0 Å². The molecule has 7 nitrogen and oxygen atoms in total. The fourth-order valence-corrected chi connectivity index (χ4v) is 2.81. The molecule has 2 aromatic carbocycles. The van der Waals surface area contributed by atoms with Gasteiger partial charge in [0.1, 0.15) is 11.5 Å². The summed E-state index contributed by atoms with van der Waals surface area (Å²) in [5, 5.41) is 3.93. The average molecular weight is 360 g/mol. The molecule has 0 aliphatic heterocycles. The Balaban J connectivity index is 1.70. The number of nitrogens with zero attached hydrogens (tertiary/aromatic N) is 2. The van der Waals surface area contributed by atoms with E-state index < -0.39 is 9.84 Å². The molecule has 0 N–H and O–H groups in total. The first-order valence-electron chi connectivity index (χ1n) is 7.36. The molecule has 8 heteroatoms. The van der Waals surface area contributed by atoms with E-state index in [0.717, 1.165) is 11.8 Å². The third-order valence-corrected chi connectivity index (χ3v) is 4.56. The van der Waals surface area contributed by atoms with Crippen molar-refractivity contribution in [2.45, 2.75) is 11.5 Å². The molecule has 0 amide bonds. The van der Waals surface area contributed by atoms with Crippen molar-refractivity contribution in [3.63, 3.8) is 0 Å². The zero-order valence-corrected chi connectivity index (χ0v) is 14.5. The SMILES string of the molecule is COc1ccccc1-c1noc(COc2ccc(S(C)(=O)=O)cc2)n1. The van der Waals surface area contributed by atoms with Gasteiger partial charge in [0.25, 0.3) is 5.89 Å². The number of para-hydroxylation sites is 1. The molecule has 1 heterocycles. The third kappa shape index (κ3) is 3.97. The predicted octanol–water partition coefficient (Wildman–Crippen LogP) is 2.73. The Labute approximate surface area is 145 Å². The number of benzene rings is 2. The maximum Gasteiger partial charge on any atom is 0.264 e. The Morgan fingerprint density at radius 3 is 2.48 bits per heavy atom. The van der Waals surface area contributed by atoms with E-state index in [1.165, 1.54) is 12.1 Å². The fourth-order valence-electron chi connectivity index (χ4n) is 2.18. The molecule has 0 saturated heterocycles. The van der Waals surface area contributed by atoms with E-state index in [1.54, 1.807) is 19.2 Å². The number of rotatable bonds is 6. The summed E-state index contributed by atoms with van der Waals surface area (Å²) in [6.45, 7) is 0.0698. The van der Waals surface area contributed by atoms with Crippen LogP contribution in [0.4, 0.5) is 0 Å². The molecule has 0 radical (unpaired) electrons. The highest BCUT2D eigenvalue weighted by Gasteiger charge is 2.13. The fraction of sp³-hybridized carbons (Fsp3) is 0.176. The Kier molecular flexibility index (Phi) is 4.71. The van der Waals surface area contributed by atoms with Gasteiger partial charge in [-0.25, -0.2) is 8.42 Å². The number of methoxy groups -OCH3 is 1. The van der Waals surface area contributed by atoms with Crippen LogP contribution in [0.5, 0.6) is 11.5 Å². The number of aromatic nitrogens is 2. The molecule has 3 aromatic rings. The van der Waals surface area contributed by atoms with Crippen molar-refractivity contribution < 1.29 is 22.4 Å². The Morgan fingerprint density at radius 1 is 1.08 bits per heavy atom. The van der Waals surface area contributed by atoms with Crippen LogP contribution in [0.2, 0.25) is 0 Å². The monoisotopic (exact) mass is 360 g/mol. The molecule has 1 aromatic heterocycles. The molecule has 25 heavy (non-hydrogen) atoms. The van der Waals surface area contributed by atoms with Crippen LogP contribution in [0.3, 0.4) is 0 Å². The first-order chi connectivity index (χ1) is 12.0. The van der Waals surface area contributed by atoms with Crippen LogP contribution >= 0.6 is 0 Å². The Morgan fingerprint density at radius 2 is 1.80 bits per heavy atom. The van der Waals surface area contributed by atoms with Crippen molar-refractivity contribution >= 4 is 9.84 Å². The summed E-state index contributed by atoms with van der Waals surface area (Å²) in [4.78, 5) is 4.51. The largest absolute Gasteiger partial charge is 0.496 e. The standard InChI is InChI=1S/C17H16N2O5S/c1-22-15-6-4-3-5-14(15)17-18-16(24-19-17)11-23-12-7-9-13(10-8-12)25(2,20)21/h3-10H,11H2,1-2H3. The van der Waals surface area contributed by atoms with Crippen LogP contribution < -0.4 is 9.47 Å². The highest BCUT2D eigenvalue weighted by molar-refractivity contribution is 7.90. The Hall–Kier alpha value is -2.87. The molecular weight excluding hydrogens is 344 g/mol. The van der Waals surface area contributed by atoms with Gasteiger partial charge in [-0.15, -0.1) is 0 Å². The number of hydrogen-bond acceptors (Lipinski definition) is 7. The molecule has 0 atom stereocenters. The molecule has 0 aliphatic rings. The summed E-state index contributed by atoms with van der Waals surface area (Å²) >= 11 is 0. The smallest absolute Gasteiger partial charge is 0.264 e. The topological polar surface area (TPSA) is 91.5 Å². The summed E-state index contributed by atoms with van der Waals surface area (Å²) < 4.78 is 38.9. The van der Waals surface area contributed by atoms with Gasteiger partial charge in [0, 0.05) is 6.26 Å². The summed E-state index contributed by atoms with van der Waals surface area (Å²) in [7, 11) is -1.66. The normalized spacial score (nSPS) is 11.3. The number of hydrogen-bond donors (Lipinski definition) is 0. The van der Waals surface area contributed by atoms with Gasteiger partial charge in [-0.05, 0) is 36.4 Å². The van der Waals surface area contributed by atoms with Crippen molar-refractivity contribution in [1.82, 2.24) is 10.1 Å². The van der Waals surface area contributed by atoms with Crippen molar-refractivity contribution in [2.75, 3.05) is 13.4 Å². The first kappa shape index (κ1) is 17.0. The second kappa shape index (κ2) is 6.94. The van der Waals surface area contributed by atoms with Gasteiger partial charge in [0.15, 0.2) is 16.4 Å². The van der Waals surface area contributed by atoms with Gasteiger partial charge >= 0.3 is 0 Å². The molecular formula is C17H16N2O5S. The average Bonchev–Trinajstić information content (AvgIpc) is 3.08. The zero-order chi connectivity index (χ0) is 17.9. The third-order valence-electron chi connectivity index (χ3n) is 3.43. The molecule has 0 fully saturated rings. The lowest BCUT2D eigenvalue weighted by atomic mass is 10.2. The van der Waals surface area contributed by atoms with Crippen LogP contribution in [0.1, 0.15) is 5.89 Å². The van der Waals surface area contributed by atoms with E-state index in [-0.39, 0.29) is 11.5 Å². The van der Waals surface area contributed by atoms with Crippen LogP contribution in [-0.2, 0) is 16.4 Å². The summed E-state index contributed by atoms with van der Waals surface area (Å²) in [6.07, 6.45) is 1.15. The van der Waals surface area contributed by atoms with Crippen molar-refractivity contribution in [3.8, 4) is 22.9 Å². The summed E-state index contributed by atoms with van der Waals surface area (Å²) in [5.41, 5.74) is 0.720. The van der Waals surface area contributed by atoms with Gasteiger partial charge in [-0.1, -0.05) is 17.3 Å². The lowest BCUT2D eigenvalue weighted by Crippen LogP contribution is -1.98. The molecule has 0 unspecified atom stereocenters. The van der Waals surface area contributed by atoms with E-state index in [4.69, 9.17) is 14.0 Å². The summed E-state index contributed by atoms with van der Waals surface area (Å²) in [6, 6.07) is 13.5. The number of ether oxygens (including phenoxy) is 2. The molecule has 130 valence electrons. The molecule has 0 spiro atoms. The minimum absolute atomic E-state index is 0.0698. The van der Waals surface area contributed by atoms with Gasteiger partial charge in [-0.2, -0.15) is 4.98 Å². The highest BCUT2D eigenvalue weighted by atomic mass is 32.2. The van der Waals surface area contributed by atoms with Crippen LogP contribution in [-0.4, -0.2) is 31.9 Å². The lowest BCUT2D eigenvalue weighted by Gasteiger charge is -2.04. The molecule has 0 saturated carbocycles. The maximum absolute atomic E-state index is 11.4. The molecule has 3 rings (SSSR count). The quantitative estimate of drug-likeness (QED) is 0.667. The van der Waals surface area contributed by atoms with Crippen LogP contribution in [0.15, 0.2) is 57.9 Å². The van der Waals surface area contributed by atoms with E-state index in [2.05, 4.69) is 10.1 Å². The Bertz CT molecular complexity index is 965. The first-order valence-corrected chi connectivity index (χ1v) is 9.25. The maximum atomic E-state index is 11.4. The van der Waals surface area contributed by atoms with Crippen molar-refractivity contribution in [2.24, 2.45) is 0 Å². The highest BCUT2D eigenvalue weighted by Crippen LogP contribution is 2.27. The number of sulfone groups is 1. The van der Waals surface area contributed by atoms with E-state index in [0.29, 0.717) is 23.2 Å². The van der Waals surface area contributed by atoms with Crippen LogP contribution in [0.25, 0.3) is 11.4 Å². The van der Waals surface area contributed by atoms with Gasteiger partial charge in [0.2, 0.25) is 5.82 Å².